The van der Waals surface area contributed by atoms with Crippen LogP contribution in [-0.2, 0) is 4.74 Å². The Hall–Kier alpha value is -0.0800. The molecule has 0 aromatic heterocycles. The average molecular weight is 265 g/mol. The third-order valence-electron chi connectivity index (χ3n) is 5.98. The molecule has 2 spiro atoms. The van der Waals surface area contributed by atoms with Crippen LogP contribution in [0, 0.1) is 11.8 Å². The molecule has 0 amide bonds. The highest BCUT2D eigenvalue weighted by atomic mass is 16.5. The zero-order valence-corrected chi connectivity index (χ0v) is 12.8. The summed E-state index contributed by atoms with van der Waals surface area (Å²) in [6.45, 7) is 6.96. The fourth-order valence-electron chi connectivity index (χ4n) is 4.64. The van der Waals surface area contributed by atoms with Gasteiger partial charge in [-0.05, 0) is 50.4 Å². The van der Waals surface area contributed by atoms with Crippen LogP contribution in [0.25, 0.3) is 0 Å². The number of nitrogens with one attached hydrogen (secondary N) is 1. The molecule has 3 fully saturated rings. The molecule has 0 radical (unpaired) electrons. The molecule has 0 bridgehead atoms. The van der Waals surface area contributed by atoms with Gasteiger partial charge in [-0.1, -0.05) is 33.1 Å². The van der Waals surface area contributed by atoms with Gasteiger partial charge < -0.3 is 10.1 Å². The van der Waals surface area contributed by atoms with Crippen molar-refractivity contribution in [2.45, 2.75) is 82.8 Å². The first-order valence-corrected chi connectivity index (χ1v) is 8.54. The maximum absolute atomic E-state index is 6.81. The van der Waals surface area contributed by atoms with E-state index in [2.05, 4.69) is 19.2 Å². The van der Waals surface area contributed by atoms with E-state index in [9.17, 15) is 0 Å². The third-order valence-corrected chi connectivity index (χ3v) is 5.98. The van der Waals surface area contributed by atoms with E-state index in [1.165, 1.54) is 57.8 Å². The Morgan fingerprint density at radius 3 is 2.05 bits per heavy atom. The molecule has 1 N–H and O–H groups in total. The molecule has 2 heteroatoms. The Balaban J connectivity index is 1.65. The van der Waals surface area contributed by atoms with Gasteiger partial charge >= 0.3 is 0 Å². The van der Waals surface area contributed by atoms with Crippen molar-refractivity contribution in [3.8, 4) is 0 Å². The van der Waals surface area contributed by atoms with E-state index in [-0.39, 0.29) is 11.2 Å². The van der Waals surface area contributed by atoms with E-state index in [0.29, 0.717) is 0 Å². The lowest BCUT2D eigenvalue weighted by Crippen LogP contribution is -2.62. The summed E-state index contributed by atoms with van der Waals surface area (Å²) in [5.41, 5.74) is 0.377. The minimum absolute atomic E-state index is 0.182. The molecule has 0 aromatic carbocycles. The maximum Gasteiger partial charge on any atom is 0.0814 e. The number of ether oxygens (including phenoxy) is 1. The molecule has 0 aromatic rings. The monoisotopic (exact) mass is 265 g/mol. The molecule has 110 valence electrons. The molecule has 0 unspecified atom stereocenters. The van der Waals surface area contributed by atoms with Crippen LogP contribution < -0.4 is 5.32 Å². The van der Waals surface area contributed by atoms with Crippen LogP contribution in [0.4, 0.5) is 0 Å². The number of hydrogen-bond acceptors (Lipinski definition) is 2. The highest BCUT2D eigenvalue weighted by Gasteiger charge is 2.47. The van der Waals surface area contributed by atoms with Gasteiger partial charge in [0.25, 0.3) is 0 Å². The quantitative estimate of drug-likeness (QED) is 0.776. The van der Waals surface area contributed by atoms with E-state index in [1.54, 1.807) is 0 Å². The highest BCUT2D eigenvalue weighted by Crippen LogP contribution is 2.44. The second-order valence-corrected chi connectivity index (χ2v) is 7.71. The van der Waals surface area contributed by atoms with E-state index in [1.807, 2.05) is 0 Å². The molecule has 2 aliphatic carbocycles. The fraction of sp³-hybridized carbons (Fsp3) is 1.00. The Morgan fingerprint density at radius 1 is 0.895 bits per heavy atom. The van der Waals surface area contributed by atoms with Crippen molar-refractivity contribution in [3.05, 3.63) is 0 Å². The SMILES string of the molecule is CC(C)C1CCC2(CC1)CNCC1(CCCCC1)O2. The fourth-order valence-corrected chi connectivity index (χ4v) is 4.64. The van der Waals surface area contributed by atoms with Gasteiger partial charge in [-0.15, -0.1) is 0 Å². The van der Waals surface area contributed by atoms with E-state index in [4.69, 9.17) is 4.74 Å². The summed E-state index contributed by atoms with van der Waals surface area (Å²) < 4.78 is 6.81. The van der Waals surface area contributed by atoms with Gasteiger partial charge in [0.1, 0.15) is 0 Å². The van der Waals surface area contributed by atoms with Gasteiger partial charge in [0.05, 0.1) is 11.2 Å². The van der Waals surface area contributed by atoms with Crippen molar-refractivity contribution in [3.63, 3.8) is 0 Å². The van der Waals surface area contributed by atoms with Crippen molar-refractivity contribution in [2.75, 3.05) is 13.1 Å². The molecule has 1 aliphatic heterocycles. The smallest absolute Gasteiger partial charge is 0.0814 e. The van der Waals surface area contributed by atoms with Gasteiger partial charge in [0.15, 0.2) is 0 Å². The van der Waals surface area contributed by atoms with Crippen LogP contribution in [-0.4, -0.2) is 24.3 Å². The molecule has 19 heavy (non-hydrogen) atoms. The topological polar surface area (TPSA) is 21.3 Å². The predicted molar refractivity (Wildman–Crippen MR) is 79.3 cm³/mol. The first-order valence-electron chi connectivity index (χ1n) is 8.54. The molecule has 2 saturated carbocycles. The van der Waals surface area contributed by atoms with Crippen molar-refractivity contribution in [2.24, 2.45) is 11.8 Å². The van der Waals surface area contributed by atoms with Gasteiger partial charge in [-0.2, -0.15) is 0 Å². The van der Waals surface area contributed by atoms with Gasteiger partial charge in [-0.3, -0.25) is 0 Å². The summed E-state index contributed by atoms with van der Waals surface area (Å²) in [5.74, 6) is 1.77. The lowest BCUT2D eigenvalue weighted by molar-refractivity contribution is -0.206. The average Bonchev–Trinajstić information content (AvgIpc) is 2.40. The Bertz CT molecular complexity index is 293. The summed E-state index contributed by atoms with van der Waals surface area (Å²) in [6, 6.07) is 0. The lowest BCUT2D eigenvalue weighted by atomic mass is 9.72. The molecule has 3 aliphatic rings. The molecule has 1 saturated heterocycles. The van der Waals surface area contributed by atoms with E-state index >= 15 is 0 Å². The largest absolute Gasteiger partial charge is 0.366 e. The van der Waals surface area contributed by atoms with Gasteiger partial charge in [0.2, 0.25) is 0 Å². The Morgan fingerprint density at radius 2 is 1.47 bits per heavy atom. The first kappa shape index (κ1) is 13.9. The van der Waals surface area contributed by atoms with Crippen molar-refractivity contribution >= 4 is 0 Å². The normalized spacial score (nSPS) is 39.0. The second-order valence-electron chi connectivity index (χ2n) is 7.71. The van der Waals surface area contributed by atoms with Crippen LogP contribution in [0.15, 0.2) is 0 Å². The molecule has 2 nitrogen and oxygen atoms in total. The molecular formula is C17H31NO. The lowest BCUT2D eigenvalue weighted by Gasteiger charge is -2.53. The van der Waals surface area contributed by atoms with Crippen LogP contribution in [0.1, 0.15) is 71.6 Å². The van der Waals surface area contributed by atoms with Crippen LogP contribution >= 0.6 is 0 Å². The molecule has 0 atom stereocenters. The number of rotatable bonds is 1. The Kier molecular flexibility index (Phi) is 3.92. The zero-order valence-electron chi connectivity index (χ0n) is 12.8. The summed E-state index contributed by atoms with van der Waals surface area (Å²) in [4.78, 5) is 0. The van der Waals surface area contributed by atoms with Crippen molar-refractivity contribution in [1.82, 2.24) is 5.32 Å². The summed E-state index contributed by atoms with van der Waals surface area (Å²) >= 11 is 0. The molecule has 3 rings (SSSR count). The van der Waals surface area contributed by atoms with Crippen molar-refractivity contribution in [1.29, 1.82) is 0 Å². The van der Waals surface area contributed by atoms with Crippen LogP contribution in [0.3, 0.4) is 0 Å². The van der Waals surface area contributed by atoms with Crippen molar-refractivity contribution < 1.29 is 4.74 Å². The highest BCUT2D eigenvalue weighted by molar-refractivity contribution is 5.00. The zero-order chi connectivity index (χ0) is 13.3. The minimum Gasteiger partial charge on any atom is -0.366 e. The number of hydrogen-bond donors (Lipinski definition) is 1. The third kappa shape index (κ3) is 2.85. The first-order chi connectivity index (χ1) is 9.13. The Labute approximate surface area is 118 Å². The molecular weight excluding hydrogens is 234 g/mol. The van der Waals surface area contributed by atoms with Crippen LogP contribution in [0.2, 0.25) is 0 Å². The summed E-state index contributed by atoms with van der Waals surface area (Å²) in [5, 5.41) is 3.72. The number of morpholine rings is 1. The second kappa shape index (κ2) is 5.37. The maximum atomic E-state index is 6.81. The predicted octanol–water partition coefficient (Wildman–Crippen LogP) is 3.89. The van der Waals surface area contributed by atoms with E-state index < -0.39 is 0 Å². The summed E-state index contributed by atoms with van der Waals surface area (Å²) in [6.07, 6.45) is 12.0. The minimum atomic E-state index is 0.182. The molecule has 1 heterocycles. The van der Waals surface area contributed by atoms with Gasteiger partial charge in [-0.25, -0.2) is 0 Å². The van der Waals surface area contributed by atoms with Crippen LogP contribution in [0.5, 0.6) is 0 Å². The standard InChI is InChI=1S/C17H31NO/c1-14(2)15-6-10-17(11-7-15)13-18-12-16(19-17)8-4-3-5-9-16/h14-15,18H,3-13H2,1-2H3. The summed E-state index contributed by atoms with van der Waals surface area (Å²) in [7, 11) is 0. The van der Waals surface area contributed by atoms with Gasteiger partial charge in [0, 0.05) is 13.1 Å². The van der Waals surface area contributed by atoms with E-state index in [0.717, 1.165) is 24.9 Å².